The second kappa shape index (κ2) is 5.99. The second-order valence-corrected chi connectivity index (χ2v) is 5.48. The Bertz CT molecular complexity index is 684. The van der Waals surface area contributed by atoms with Crippen LogP contribution in [-0.4, -0.2) is 68.9 Å². The van der Waals surface area contributed by atoms with Gasteiger partial charge in [-0.05, 0) is 6.07 Å². The molecule has 1 saturated heterocycles. The Morgan fingerprint density at radius 1 is 1.50 bits per heavy atom. The minimum absolute atomic E-state index is 0.204. The Balaban J connectivity index is 1.95. The Morgan fingerprint density at radius 3 is 3.00 bits per heavy atom. The first-order valence-corrected chi connectivity index (χ1v) is 7.06. The molecule has 0 aromatic carbocycles. The maximum absolute atomic E-state index is 9.87. The van der Waals surface area contributed by atoms with Crippen molar-refractivity contribution >= 4 is 23.2 Å². The van der Waals surface area contributed by atoms with Gasteiger partial charge < -0.3 is 24.4 Å². The lowest BCUT2D eigenvalue weighted by atomic mass is 10.2. The van der Waals surface area contributed by atoms with E-state index in [1.807, 2.05) is 35.8 Å². The molecule has 0 saturated carbocycles. The van der Waals surface area contributed by atoms with E-state index in [1.165, 1.54) is 6.33 Å². The fraction of sp³-hybridized carbons (Fsp3) is 0.500. The van der Waals surface area contributed by atoms with Crippen LogP contribution in [0.25, 0.3) is 11.0 Å². The molecule has 3 heterocycles. The number of hydrogen-bond acceptors (Lipinski definition) is 6. The summed E-state index contributed by atoms with van der Waals surface area (Å²) in [4.78, 5) is 14.6. The van der Waals surface area contributed by atoms with E-state index in [0.717, 1.165) is 5.39 Å². The Hall–Kier alpha value is -2.03. The van der Waals surface area contributed by atoms with Gasteiger partial charge in [0, 0.05) is 26.7 Å². The van der Waals surface area contributed by atoms with Gasteiger partial charge in [-0.2, -0.15) is 0 Å². The van der Waals surface area contributed by atoms with Gasteiger partial charge in [-0.1, -0.05) is 0 Å². The Kier molecular flexibility index (Phi) is 4.06. The molecule has 3 rings (SSSR count). The van der Waals surface area contributed by atoms with Gasteiger partial charge in [0.1, 0.15) is 24.3 Å². The van der Waals surface area contributed by atoms with Crippen molar-refractivity contribution in [1.82, 2.24) is 19.4 Å². The molecule has 2 aromatic rings. The van der Waals surface area contributed by atoms with Crippen molar-refractivity contribution in [3.63, 3.8) is 0 Å². The molecule has 0 bridgehead atoms. The van der Waals surface area contributed by atoms with Crippen molar-refractivity contribution in [3.05, 3.63) is 18.6 Å². The first-order valence-electron chi connectivity index (χ1n) is 7.06. The summed E-state index contributed by atoms with van der Waals surface area (Å²) in [6.07, 6.45) is 3.79. The molecule has 0 amide bonds. The summed E-state index contributed by atoms with van der Waals surface area (Å²) in [6, 6.07) is 1.87. The molecular formula is C14H19N5O3. The van der Waals surface area contributed by atoms with E-state index in [-0.39, 0.29) is 12.8 Å². The maximum Gasteiger partial charge on any atom is 0.166 e. The zero-order valence-electron chi connectivity index (χ0n) is 12.5. The number of aliphatic hydroxyl groups excluding tert-OH is 2. The third-order valence-corrected chi connectivity index (χ3v) is 3.59. The minimum atomic E-state index is -0.680. The average Bonchev–Trinajstić information content (AvgIpc) is 3.08. The number of aliphatic imine (C=N–C) groups is 1. The molecule has 1 aliphatic heterocycles. The average molecular weight is 305 g/mol. The summed E-state index contributed by atoms with van der Waals surface area (Å²) in [5, 5.41) is 19.9. The van der Waals surface area contributed by atoms with Crippen LogP contribution in [0.2, 0.25) is 0 Å². The number of hydrogen-bond donors (Lipinski definition) is 2. The Labute approximate surface area is 127 Å². The number of ether oxygens (including phenoxy) is 1. The second-order valence-electron chi connectivity index (χ2n) is 5.48. The summed E-state index contributed by atoms with van der Waals surface area (Å²) in [5.41, 5.74) is 0.691. The van der Waals surface area contributed by atoms with E-state index in [0.29, 0.717) is 17.9 Å². The smallest absolute Gasteiger partial charge is 0.166 e. The van der Waals surface area contributed by atoms with Crippen LogP contribution >= 0.6 is 0 Å². The summed E-state index contributed by atoms with van der Waals surface area (Å²) in [5.74, 6) is 0.578. The Morgan fingerprint density at radius 2 is 2.32 bits per heavy atom. The molecular weight excluding hydrogens is 286 g/mol. The minimum Gasteiger partial charge on any atom is -0.394 e. The van der Waals surface area contributed by atoms with Crippen LogP contribution in [0.4, 0.5) is 5.82 Å². The monoisotopic (exact) mass is 305 g/mol. The van der Waals surface area contributed by atoms with Crippen LogP contribution in [0, 0.1) is 0 Å². The lowest BCUT2D eigenvalue weighted by Crippen LogP contribution is -2.24. The standard InChI is InChI=1S/C14H19N5O3/c1-18(2)8-17-13-9-3-4-19(14(9)16-7-15-13)12-5-10(21)11(6-20)22-12/h3-4,7-8,10-12,20-21H,5-6H2,1-2H3/t10-,11+,12+/m0/s1. The molecule has 3 atom stereocenters. The van der Waals surface area contributed by atoms with Crippen molar-refractivity contribution in [3.8, 4) is 0 Å². The lowest BCUT2D eigenvalue weighted by molar-refractivity contribution is -0.0430. The number of nitrogens with zero attached hydrogens (tertiary/aromatic N) is 5. The molecule has 1 aliphatic rings. The van der Waals surface area contributed by atoms with Crippen LogP contribution in [0.3, 0.4) is 0 Å². The largest absolute Gasteiger partial charge is 0.394 e. The van der Waals surface area contributed by atoms with E-state index < -0.39 is 12.2 Å². The van der Waals surface area contributed by atoms with E-state index in [4.69, 9.17) is 4.74 Å². The molecule has 118 valence electrons. The van der Waals surface area contributed by atoms with Gasteiger partial charge in [0.2, 0.25) is 0 Å². The normalized spacial score (nSPS) is 25.4. The third-order valence-electron chi connectivity index (χ3n) is 3.59. The lowest BCUT2D eigenvalue weighted by Gasteiger charge is -2.14. The number of aliphatic hydroxyl groups is 2. The van der Waals surface area contributed by atoms with Crippen LogP contribution in [-0.2, 0) is 4.74 Å². The first kappa shape index (κ1) is 14.9. The van der Waals surface area contributed by atoms with E-state index in [1.54, 1.807) is 6.34 Å². The predicted molar refractivity (Wildman–Crippen MR) is 81.0 cm³/mol. The van der Waals surface area contributed by atoms with Gasteiger partial charge in [-0.15, -0.1) is 0 Å². The van der Waals surface area contributed by atoms with Gasteiger partial charge in [0.25, 0.3) is 0 Å². The van der Waals surface area contributed by atoms with Crippen LogP contribution in [0.1, 0.15) is 12.6 Å². The van der Waals surface area contributed by atoms with Crippen LogP contribution < -0.4 is 0 Å². The fourth-order valence-corrected chi connectivity index (χ4v) is 2.51. The summed E-state index contributed by atoms with van der Waals surface area (Å²) in [6.45, 7) is -0.204. The maximum atomic E-state index is 9.87. The highest BCUT2D eigenvalue weighted by atomic mass is 16.5. The molecule has 0 aliphatic carbocycles. The van der Waals surface area contributed by atoms with E-state index in [9.17, 15) is 10.2 Å². The molecule has 0 unspecified atom stereocenters. The van der Waals surface area contributed by atoms with Crippen molar-refractivity contribution in [2.45, 2.75) is 24.9 Å². The molecule has 1 fully saturated rings. The van der Waals surface area contributed by atoms with Crippen LogP contribution in [0.15, 0.2) is 23.6 Å². The van der Waals surface area contributed by atoms with E-state index in [2.05, 4.69) is 15.0 Å². The van der Waals surface area contributed by atoms with Gasteiger partial charge in [-0.3, -0.25) is 0 Å². The van der Waals surface area contributed by atoms with Gasteiger partial charge in [0.15, 0.2) is 5.82 Å². The van der Waals surface area contributed by atoms with Gasteiger partial charge in [-0.25, -0.2) is 15.0 Å². The number of aromatic nitrogens is 3. The number of rotatable bonds is 4. The number of fused-ring (bicyclic) bond motifs is 1. The topological polar surface area (TPSA) is 96.0 Å². The molecule has 8 heteroatoms. The fourth-order valence-electron chi connectivity index (χ4n) is 2.51. The molecule has 0 radical (unpaired) electrons. The van der Waals surface area contributed by atoms with Gasteiger partial charge in [0.05, 0.1) is 24.4 Å². The van der Waals surface area contributed by atoms with Crippen molar-refractivity contribution in [2.24, 2.45) is 4.99 Å². The van der Waals surface area contributed by atoms with Crippen LogP contribution in [0.5, 0.6) is 0 Å². The summed E-state index contributed by atoms with van der Waals surface area (Å²) < 4.78 is 7.51. The molecule has 0 spiro atoms. The molecule has 22 heavy (non-hydrogen) atoms. The zero-order valence-corrected chi connectivity index (χ0v) is 12.5. The van der Waals surface area contributed by atoms with E-state index >= 15 is 0 Å². The highest BCUT2D eigenvalue weighted by Gasteiger charge is 2.35. The van der Waals surface area contributed by atoms with Crippen molar-refractivity contribution < 1.29 is 14.9 Å². The molecule has 2 N–H and O–H groups in total. The predicted octanol–water partition coefficient (Wildman–Crippen LogP) is 0.293. The summed E-state index contributed by atoms with van der Waals surface area (Å²) >= 11 is 0. The molecule has 2 aromatic heterocycles. The summed E-state index contributed by atoms with van der Waals surface area (Å²) in [7, 11) is 3.77. The highest BCUT2D eigenvalue weighted by molar-refractivity contribution is 5.87. The first-order chi connectivity index (χ1) is 10.6. The van der Waals surface area contributed by atoms with Crippen molar-refractivity contribution in [2.75, 3.05) is 20.7 Å². The zero-order chi connectivity index (χ0) is 15.7. The highest BCUT2D eigenvalue weighted by Crippen LogP contribution is 2.32. The van der Waals surface area contributed by atoms with Crippen molar-refractivity contribution in [1.29, 1.82) is 0 Å². The quantitative estimate of drug-likeness (QED) is 0.623. The SMILES string of the molecule is CN(C)C=Nc1ncnc2c1ccn2[C@H]1C[C@H](O)[C@@H](CO)O1. The van der Waals surface area contributed by atoms with Gasteiger partial charge >= 0.3 is 0 Å². The third kappa shape index (κ3) is 2.68. The molecule has 8 nitrogen and oxygen atoms in total.